The molecule has 27 heavy (non-hydrogen) atoms. The van der Waals surface area contributed by atoms with Gasteiger partial charge in [-0.3, -0.25) is 9.89 Å². The van der Waals surface area contributed by atoms with Crippen molar-refractivity contribution in [2.75, 3.05) is 12.4 Å². The van der Waals surface area contributed by atoms with Gasteiger partial charge in [0.05, 0.1) is 18.4 Å². The minimum atomic E-state index is -0.0767. The Labute approximate surface area is 163 Å². The summed E-state index contributed by atoms with van der Waals surface area (Å²) in [5.74, 6) is 8.23. The molecule has 1 aliphatic rings. The van der Waals surface area contributed by atoms with Gasteiger partial charge in [0.2, 0.25) is 11.1 Å². The number of rotatable bonds is 4. The molecule has 1 unspecified atom stereocenters. The zero-order chi connectivity index (χ0) is 19.4. The van der Waals surface area contributed by atoms with Crippen molar-refractivity contribution in [1.82, 2.24) is 20.5 Å². The van der Waals surface area contributed by atoms with Crippen LogP contribution in [0.1, 0.15) is 50.2 Å². The summed E-state index contributed by atoms with van der Waals surface area (Å²) in [4.78, 5) is 16.6. The van der Waals surface area contributed by atoms with Gasteiger partial charge in [0.25, 0.3) is 0 Å². The van der Waals surface area contributed by atoms with Crippen LogP contribution < -0.4 is 10.1 Å². The lowest BCUT2D eigenvalue weighted by Gasteiger charge is -2.27. The number of thioether (sulfide) groups is 1. The number of amides is 1. The number of nitrogens with zero attached hydrogens (tertiary/aromatic N) is 2. The summed E-state index contributed by atoms with van der Waals surface area (Å²) in [6.07, 6.45) is 0.735. The summed E-state index contributed by atoms with van der Waals surface area (Å²) in [6, 6.07) is 5.84. The average molecular weight is 385 g/mol. The maximum Gasteiger partial charge on any atom is 0.230 e. The first kappa shape index (κ1) is 19.3. The summed E-state index contributed by atoms with van der Waals surface area (Å²) >= 11 is 1.31. The highest BCUT2D eigenvalue weighted by Gasteiger charge is 2.23. The Bertz CT molecular complexity index is 889. The number of carbonyl (C=O) groups is 1. The van der Waals surface area contributed by atoms with Gasteiger partial charge < -0.3 is 10.1 Å². The van der Waals surface area contributed by atoms with Crippen molar-refractivity contribution in [3.63, 3.8) is 0 Å². The number of carbonyl (C=O) groups excluding carboxylic acids is 1. The molecule has 1 aliphatic heterocycles. The molecule has 0 saturated heterocycles. The van der Waals surface area contributed by atoms with E-state index in [9.17, 15) is 4.79 Å². The predicted molar refractivity (Wildman–Crippen MR) is 106 cm³/mol. The topological polar surface area (TPSA) is 79.9 Å². The van der Waals surface area contributed by atoms with Gasteiger partial charge in [0, 0.05) is 23.0 Å². The molecule has 0 saturated carbocycles. The van der Waals surface area contributed by atoms with Crippen LogP contribution in [-0.2, 0) is 4.79 Å². The van der Waals surface area contributed by atoms with Gasteiger partial charge in [0.15, 0.2) is 0 Å². The van der Waals surface area contributed by atoms with Crippen LogP contribution in [0, 0.1) is 24.2 Å². The van der Waals surface area contributed by atoms with Gasteiger partial charge in [-0.1, -0.05) is 23.6 Å². The molecule has 1 amide bonds. The smallest absolute Gasteiger partial charge is 0.230 e. The van der Waals surface area contributed by atoms with Crippen molar-refractivity contribution < 1.29 is 9.53 Å². The number of aromatic amines is 1. The van der Waals surface area contributed by atoms with E-state index in [1.807, 2.05) is 25.1 Å². The first-order valence-electron chi connectivity index (χ1n) is 8.91. The van der Waals surface area contributed by atoms with Crippen molar-refractivity contribution in [2.24, 2.45) is 5.41 Å². The van der Waals surface area contributed by atoms with E-state index in [0.29, 0.717) is 11.8 Å². The van der Waals surface area contributed by atoms with Crippen molar-refractivity contribution in [1.29, 1.82) is 0 Å². The Balaban J connectivity index is 1.68. The number of aromatic nitrogens is 3. The number of fused-ring (bicyclic) bond motifs is 1. The van der Waals surface area contributed by atoms with E-state index in [1.165, 1.54) is 11.8 Å². The van der Waals surface area contributed by atoms with E-state index in [2.05, 4.69) is 53.1 Å². The zero-order valence-electron chi connectivity index (χ0n) is 16.0. The molecule has 1 atom stereocenters. The average Bonchev–Trinajstić information content (AvgIpc) is 3.03. The standard InChI is InChI=1S/C20H24N4O2S/c1-13-21-19(24-23-13)27-12-18(25)22-16-8-10-26-17-6-5-14(11-15(16)17)7-9-20(2,3)4/h5-6,11,16H,8,10,12H2,1-4H3,(H,22,25)(H,21,23,24). The maximum atomic E-state index is 12.4. The number of H-pyrrole nitrogens is 1. The SMILES string of the molecule is Cc1nc(SCC(=O)NC2CCOc3ccc(C#CC(C)(C)C)cc32)n[nH]1. The second-order valence-corrected chi connectivity index (χ2v) is 8.44. The third kappa shape index (κ3) is 5.51. The number of aryl methyl sites for hydroxylation is 1. The molecule has 1 aromatic carbocycles. The minimum Gasteiger partial charge on any atom is -0.493 e. The molecule has 7 heteroatoms. The quantitative estimate of drug-likeness (QED) is 0.625. The predicted octanol–water partition coefficient (Wildman–Crippen LogP) is 3.24. The van der Waals surface area contributed by atoms with Crippen LogP contribution in [0.25, 0.3) is 0 Å². The highest BCUT2D eigenvalue weighted by Crippen LogP contribution is 2.33. The molecule has 0 aliphatic carbocycles. The Morgan fingerprint density at radius 2 is 2.26 bits per heavy atom. The minimum absolute atomic E-state index is 0.0496. The van der Waals surface area contributed by atoms with E-state index in [0.717, 1.165) is 29.1 Å². The van der Waals surface area contributed by atoms with Crippen molar-refractivity contribution >= 4 is 17.7 Å². The van der Waals surface area contributed by atoms with Crippen LogP contribution >= 0.6 is 11.8 Å². The third-order valence-corrected chi connectivity index (χ3v) is 4.72. The van der Waals surface area contributed by atoms with E-state index in [4.69, 9.17) is 4.74 Å². The molecule has 2 heterocycles. The van der Waals surface area contributed by atoms with Crippen molar-refractivity contribution in [2.45, 2.75) is 45.3 Å². The third-order valence-electron chi connectivity index (χ3n) is 3.88. The number of nitrogens with one attached hydrogen (secondary N) is 2. The monoisotopic (exact) mass is 384 g/mol. The van der Waals surface area contributed by atoms with E-state index in [1.54, 1.807) is 0 Å². The second-order valence-electron chi connectivity index (χ2n) is 7.50. The number of hydrogen-bond acceptors (Lipinski definition) is 5. The Kier molecular flexibility index (Phi) is 5.76. The van der Waals surface area contributed by atoms with Crippen LogP contribution in [0.4, 0.5) is 0 Å². The van der Waals surface area contributed by atoms with E-state index < -0.39 is 0 Å². The zero-order valence-corrected chi connectivity index (χ0v) is 16.9. The molecule has 1 aromatic heterocycles. The molecular weight excluding hydrogens is 360 g/mol. The van der Waals surface area contributed by atoms with Crippen molar-refractivity contribution in [3.8, 4) is 17.6 Å². The Hall–Kier alpha value is -2.46. The van der Waals surface area contributed by atoms with Crippen LogP contribution in [0.15, 0.2) is 23.4 Å². The second kappa shape index (κ2) is 8.05. The highest BCUT2D eigenvalue weighted by molar-refractivity contribution is 7.99. The van der Waals surface area contributed by atoms with Gasteiger partial charge in [-0.2, -0.15) is 0 Å². The molecule has 2 aromatic rings. The number of ether oxygens (including phenoxy) is 1. The molecule has 3 rings (SSSR count). The molecule has 142 valence electrons. The van der Waals surface area contributed by atoms with E-state index in [-0.39, 0.29) is 23.1 Å². The van der Waals surface area contributed by atoms with Gasteiger partial charge in [-0.25, -0.2) is 4.98 Å². The van der Waals surface area contributed by atoms with Crippen LogP contribution in [0.2, 0.25) is 0 Å². The summed E-state index contributed by atoms with van der Waals surface area (Å²) in [6.45, 7) is 8.65. The summed E-state index contributed by atoms with van der Waals surface area (Å²) in [5.41, 5.74) is 1.85. The lowest BCUT2D eigenvalue weighted by molar-refractivity contribution is -0.119. The van der Waals surface area contributed by atoms with Gasteiger partial charge >= 0.3 is 0 Å². The first-order chi connectivity index (χ1) is 12.8. The summed E-state index contributed by atoms with van der Waals surface area (Å²) in [7, 11) is 0. The molecule has 0 radical (unpaired) electrons. The first-order valence-corrected chi connectivity index (χ1v) is 9.90. The maximum absolute atomic E-state index is 12.4. The molecule has 0 bridgehead atoms. The number of hydrogen-bond donors (Lipinski definition) is 2. The molecular formula is C20H24N4O2S. The van der Waals surface area contributed by atoms with Crippen LogP contribution in [0.3, 0.4) is 0 Å². The largest absolute Gasteiger partial charge is 0.493 e. The summed E-state index contributed by atoms with van der Waals surface area (Å²) in [5, 5.41) is 10.5. The van der Waals surface area contributed by atoms with Crippen LogP contribution in [0.5, 0.6) is 5.75 Å². The highest BCUT2D eigenvalue weighted by atomic mass is 32.2. The van der Waals surface area contributed by atoms with Gasteiger partial charge in [-0.15, -0.1) is 5.10 Å². The fourth-order valence-electron chi connectivity index (χ4n) is 2.63. The molecule has 2 N–H and O–H groups in total. The molecule has 0 spiro atoms. The lowest BCUT2D eigenvalue weighted by atomic mass is 9.95. The Morgan fingerprint density at radius 3 is 2.96 bits per heavy atom. The summed E-state index contributed by atoms with van der Waals surface area (Å²) < 4.78 is 5.74. The van der Waals surface area contributed by atoms with E-state index >= 15 is 0 Å². The normalized spacial score (nSPS) is 15.9. The fraction of sp³-hybridized carbons (Fsp3) is 0.450. The lowest BCUT2D eigenvalue weighted by Crippen LogP contribution is -2.33. The molecule has 0 fully saturated rings. The number of benzene rings is 1. The van der Waals surface area contributed by atoms with Gasteiger partial charge in [0.1, 0.15) is 11.6 Å². The van der Waals surface area contributed by atoms with Crippen molar-refractivity contribution in [3.05, 3.63) is 35.2 Å². The van der Waals surface area contributed by atoms with Crippen LogP contribution in [-0.4, -0.2) is 33.4 Å². The molecule has 6 nitrogen and oxygen atoms in total. The van der Waals surface area contributed by atoms with Gasteiger partial charge in [-0.05, 0) is 45.9 Å². The Morgan fingerprint density at radius 1 is 1.44 bits per heavy atom. The fourth-order valence-corrected chi connectivity index (χ4v) is 3.29.